The minimum atomic E-state index is -8.29. The largest absolute Gasteiger partial charge is 1.00 e. The molecule has 0 spiro atoms. The van der Waals surface area contributed by atoms with Crippen LogP contribution in [-0.4, -0.2) is 98.0 Å². The molecule has 0 aliphatic heterocycles. The molecule has 3 nitrogen and oxygen atoms in total. The highest BCUT2D eigenvalue weighted by atomic mass is 127. The number of carbonyl (C=O) groups is 1. The molecule has 1 unspecified atom stereocenters. The fourth-order valence-corrected chi connectivity index (χ4v) is 3.30. The number of carbonyl (C=O) groups excluding carboxylic acids is 1. The van der Waals surface area contributed by atoms with Gasteiger partial charge in [0.2, 0.25) is 0 Å². The van der Waals surface area contributed by atoms with Crippen molar-refractivity contribution in [2.45, 2.75) is 55.1 Å². The molecule has 0 fully saturated rings. The predicted octanol–water partition coefficient (Wildman–Crippen LogP) is 3.37. The molecule has 0 radical (unpaired) electrons. The Morgan fingerprint density at radius 1 is 0.737 bits per heavy atom. The first-order valence-corrected chi connectivity index (χ1v) is 11.0. The maximum Gasteiger partial charge on any atom is 0.460 e. The number of alkyl halides is 15. The van der Waals surface area contributed by atoms with Crippen molar-refractivity contribution in [3.63, 3.8) is 0 Å². The van der Waals surface area contributed by atoms with E-state index in [0.717, 1.165) is 0 Å². The van der Waals surface area contributed by atoms with Crippen LogP contribution in [-0.2, 0) is 9.53 Å². The number of hydrogen-bond acceptors (Lipinski definition) is 3. The van der Waals surface area contributed by atoms with Crippen LogP contribution in [0, 0.1) is 5.92 Å². The fourth-order valence-electron chi connectivity index (χ4n) is 2.25. The summed E-state index contributed by atoms with van der Waals surface area (Å²) in [4.78, 5) is 11.8. The first-order chi connectivity index (χ1) is 16.0. The number of rotatable bonds is 14. The average molecular weight is 729 g/mol. The predicted molar refractivity (Wildman–Crippen MR) is 101 cm³/mol. The molecular weight excluding hydrogens is 706 g/mol. The summed E-state index contributed by atoms with van der Waals surface area (Å²) >= 11 is 0.236. The van der Waals surface area contributed by atoms with Crippen LogP contribution in [0.15, 0.2) is 0 Å². The highest BCUT2D eigenvalue weighted by Gasteiger charge is 2.93. The summed E-state index contributed by atoms with van der Waals surface area (Å²) in [5.41, 5.74) is 0. The SMILES string of the molecule is CC(CSCCC(F)(F)C(F)(F)C(F)(F)C(F)(F)C(F)(F)C(F)(F)C(F)(F)F)C(=O)OCC[N+](C)(C)C.[I-]. The molecule has 230 valence electrons. The van der Waals surface area contributed by atoms with Gasteiger partial charge in [0, 0.05) is 12.2 Å². The van der Waals surface area contributed by atoms with Crippen molar-refractivity contribution in [2.75, 3.05) is 45.8 Å². The van der Waals surface area contributed by atoms with Crippen LogP contribution in [0.1, 0.15) is 13.3 Å². The second kappa shape index (κ2) is 12.5. The molecule has 1 atom stereocenters. The molecule has 0 aromatic heterocycles. The van der Waals surface area contributed by atoms with E-state index in [1.165, 1.54) is 6.92 Å². The summed E-state index contributed by atoms with van der Waals surface area (Å²) in [6.45, 7) is 1.49. The van der Waals surface area contributed by atoms with Gasteiger partial charge in [-0.05, 0) is 5.75 Å². The van der Waals surface area contributed by atoms with E-state index in [1.807, 2.05) is 0 Å². The van der Waals surface area contributed by atoms with Gasteiger partial charge in [-0.3, -0.25) is 4.79 Å². The Hall–Kier alpha value is -0.540. The summed E-state index contributed by atoms with van der Waals surface area (Å²) in [6.07, 6.45) is -10.1. The zero-order chi connectivity index (χ0) is 30.1. The van der Waals surface area contributed by atoms with Crippen LogP contribution < -0.4 is 24.0 Å². The average Bonchev–Trinajstić information content (AvgIpc) is 2.68. The van der Waals surface area contributed by atoms with Crippen LogP contribution >= 0.6 is 11.8 Å². The van der Waals surface area contributed by atoms with Gasteiger partial charge in [-0.1, -0.05) is 6.92 Å². The van der Waals surface area contributed by atoms with Crippen molar-refractivity contribution in [2.24, 2.45) is 5.92 Å². The van der Waals surface area contributed by atoms with Gasteiger partial charge >= 0.3 is 47.7 Å². The lowest BCUT2D eigenvalue weighted by Gasteiger charge is -2.41. The lowest BCUT2D eigenvalue weighted by molar-refractivity contribution is -0.870. The van der Waals surface area contributed by atoms with Gasteiger partial charge in [-0.15, -0.1) is 0 Å². The second-order valence-corrected chi connectivity index (χ2v) is 10.1. The quantitative estimate of drug-likeness (QED) is 0.0904. The van der Waals surface area contributed by atoms with Crippen LogP contribution in [0.2, 0.25) is 0 Å². The van der Waals surface area contributed by atoms with E-state index < -0.39 is 71.5 Å². The lowest BCUT2D eigenvalue weighted by atomic mass is 9.90. The Labute approximate surface area is 228 Å². The summed E-state index contributed by atoms with van der Waals surface area (Å²) in [7, 11) is 5.27. The molecule has 0 aliphatic rings. The van der Waals surface area contributed by atoms with Crippen LogP contribution in [0.4, 0.5) is 65.9 Å². The minimum Gasteiger partial charge on any atom is -1.00 e. The molecule has 0 aromatic rings. The van der Waals surface area contributed by atoms with Crippen molar-refractivity contribution in [1.82, 2.24) is 0 Å². The Bertz CT molecular complexity index is 785. The van der Waals surface area contributed by atoms with Crippen LogP contribution in [0.3, 0.4) is 0 Å². The number of esters is 1. The van der Waals surface area contributed by atoms with Crippen molar-refractivity contribution in [1.29, 1.82) is 0 Å². The molecular formula is C18H23F15INO2S. The monoisotopic (exact) mass is 729 g/mol. The molecule has 0 N–H and O–H groups in total. The molecule has 0 saturated heterocycles. The highest BCUT2D eigenvalue weighted by molar-refractivity contribution is 7.99. The molecule has 0 heterocycles. The van der Waals surface area contributed by atoms with Crippen molar-refractivity contribution in [3.8, 4) is 0 Å². The number of nitrogens with zero attached hydrogens (tertiary/aromatic N) is 1. The van der Waals surface area contributed by atoms with E-state index in [2.05, 4.69) is 0 Å². The first kappa shape index (κ1) is 39.6. The summed E-state index contributed by atoms with van der Waals surface area (Å²) < 4.78 is 202. The smallest absolute Gasteiger partial charge is 0.460 e. The van der Waals surface area contributed by atoms with Gasteiger partial charge in [-0.25, -0.2) is 0 Å². The molecule has 0 amide bonds. The minimum absolute atomic E-state index is 0. The number of hydrogen-bond donors (Lipinski definition) is 0. The molecule has 20 heteroatoms. The Morgan fingerprint density at radius 2 is 1.13 bits per heavy atom. The Balaban J connectivity index is 0. The molecule has 0 rings (SSSR count). The third-order valence-corrected chi connectivity index (χ3v) is 5.96. The van der Waals surface area contributed by atoms with Gasteiger partial charge in [0.05, 0.1) is 27.1 Å². The number of halogens is 16. The molecule has 0 aliphatic carbocycles. The lowest BCUT2D eigenvalue weighted by Crippen LogP contribution is -3.00. The highest BCUT2D eigenvalue weighted by Crippen LogP contribution is 2.62. The van der Waals surface area contributed by atoms with Crippen molar-refractivity contribution < 1.29 is 104 Å². The molecule has 0 saturated carbocycles. The first-order valence-electron chi connectivity index (χ1n) is 9.89. The second-order valence-electron chi connectivity index (χ2n) is 8.98. The van der Waals surface area contributed by atoms with Gasteiger partial charge in [0.15, 0.2) is 0 Å². The zero-order valence-electron chi connectivity index (χ0n) is 19.8. The van der Waals surface area contributed by atoms with E-state index >= 15 is 0 Å². The standard InChI is InChI=1S/C18H23F15NO2S.HI/c1-10(11(35)36-7-6-34(2,3)4)9-37-8-5-12(19,20)13(21,22)14(23,24)15(25,26)16(27,28)17(29,30)18(31,32)33;/h10H,5-9H2,1-4H3;1H/q+1;/p-1. The number of quaternary nitrogens is 1. The van der Waals surface area contributed by atoms with E-state index in [4.69, 9.17) is 4.74 Å². The summed E-state index contributed by atoms with van der Waals surface area (Å²) in [6, 6.07) is 0. The fraction of sp³-hybridized carbons (Fsp3) is 0.944. The van der Waals surface area contributed by atoms with Gasteiger partial charge in [0.25, 0.3) is 0 Å². The third kappa shape index (κ3) is 8.02. The summed E-state index contributed by atoms with van der Waals surface area (Å²) in [5, 5.41) is 0. The van der Waals surface area contributed by atoms with E-state index in [1.54, 1.807) is 21.1 Å². The van der Waals surface area contributed by atoms with Gasteiger partial charge in [0.1, 0.15) is 13.2 Å². The molecule has 0 bridgehead atoms. The van der Waals surface area contributed by atoms with Crippen molar-refractivity contribution >= 4 is 17.7 Å². The van der Waals surface area contributed by atoms with Crippen LogP contribution in [0.5, 0.6) is 0 Å². The number of thioether (sulfide) groups is 1. The van der Waals surface area contributed by atoms with E-state index in [0.29, 0.717) is 11.0 Å². The molecule has 38 heavy (non-hydrogen) atoms. The Morgan fingerprint density at radius 3 is 1.53 bits per heavy atom. The third-order valence-electron chi connectivity index (χ3n) is 4.73. The molecule has 0 aromatic carbocycles. The Kier molecular flexibility index (Phi) is 13.1. The maximum atomic E-state index is 13.8. The number of ether oxygens (including phenoxy) is 1. The van der Waals surface area contributed by atoms with Crippen molar-refractivity contribution in [3.05, 3.63) is 0 Å². The van der Waals surface area contributed by atoms with E-state index in [9.17, 15) is 70.7 Å². The van der Waals surface area contributed by atoms with E-state index in [-0.39, 0.29) is 42.3 Å². The van der Waals surface area contributed by atoms with Gasteiger partial charge < -0.3 is 33.2 Å². The topological polar surface area (TPSA) is 26.3 Å². The van der Waals surface area contributed by atoms with Gasteiger partial charge in [-0.2, -0.15) is 77.6 Å². The normalized spacial score (nSPS) is 15.7. The van der Waals surface area contributed by atoms with Crippen LogP contribution in [0.25, 0.3) is 0 Å². The maximum absolute atomic E-state index is 13.8. The number of likely N-dealkylation sites (N-methyl/N-ethyl adjacent to an activating group) is 1. The summed E-state index contributed by atoms with van der Waals surface area (Å²) in [5.74, 6) is -50.0. The zero-order valence-corrected chi connectivity index (χ0v) is 22.8.